The second-order valence-corrected chi connectivity index (χ2v) is 7.92. The lowest BCUT2D eigenvalue weighted by molar-refractivity contribution is 0.0681. The lowest BCUT2D eigenvalue weighted by Gasteiger charge is -2.35. The van der Waals surface area contributed by atoms with Gasteiger partial charge in [0.1, 0.15) is 5.82 Å². The van der Waals surface area contributed by atoms with Crippen LogP contribution in [0, 0.1) is 0 Å². The minimum absolute atomic E-state index is 0.0510. The first-order chi connectivity index (χ1) is 12.5. The quantitative estimate of drug-likeness (QED) is 0.719. The number of aromatic nitrogens is 2. The predicted molar refractivity (Wildman–Crippen MR) is 102 cm³/mol. The minimum Gasteiger partial charge on any atom is -0.381 e. The van der Waals surface area contributed by atoms with Crippen LogP contribution >= 0.6 is 0 Å². The number of nitrogens with zero attached hydrogens (tertiary/aromatic N) is 2. The van der Waals surface area contributed by atoms with E-state index in [1.165, 1.54) is 25.5 Å². The SMILES string of the molecule is CO[C@H]1CC[C@H](Nc2ncc(C(N)=O)c(NC3(C)CCCCC3)n2)CC1. The Balaban J connectivity index is 1.72. The van der Waals surface area contributed by atoms with Crippen molar-refractivity contribution >= 4 is 17.7 Å². The van der Waals surface area contributed by atoms with E-state index in [1.54, 1.807) is 7.11 Å². The molecule has 0 spiro atoms. The third-order valence-electron chi connectivity index (χ3n) is 5.77. The van der Waals surface area contributed by atoms with E-state index in [0.29, 0.717) is 29.5 Å². The Morgan fingerprint density at radius 2 is 1.92 bits per heavy atom. The van der Waals surface area contributed by atoms with Crippen molar-refractivity contribution in [2.45, 2.75) is 82.4 Å². The zero-order valence-corrected chi connectivity index (χ0v) is 15.9. The van der Waals surface area contributed by atoms with Gasteiger partial charge in [-0.05, 0) is 45.4 Å². The number of carbonyl (C=O) groups excluding carboxylic acids is 1. The number of hydrogen-bond acceptors (Lipinski definition) is 6. The summed E-state index contributed by atoms with van der Waals surface area (Å²) in [5, 5.41) is 6.90. The van der Waals surface area contributed by atoms with E-state index in [1.807, 2.05) is 0 Å². The van der Waals surface area contributed by atoms with Crippen LogP contribution in [0.5, 0.6) is 0 Å². The fourth-order valence-corrected chi connectivity index (χ4v) is 4.10. The van der Waals surface area contributed by atoms with Crippen LogP contribution in [0.15, 0.2) is 6.20 Å². The molecule has 0 saturated heterocycles. The average molecular weight is 361 g/mol. The van der Waals surface area contributed by atoms with Crippen LogP contribution in [0.3, 0.4) is 0 Å². The monoisotopic (exact) mass is 361 g/mol. The van der Waals surface area contributed by atoms with Gasteiger partial charge in [-0.25, -0.2) is 4.98 Å². The molecule has 0 radical (unpaired) electrons. The molecule has 26 heavy (non-hydrogen) atoms. The van der Waals surface area contributed by atoms with E-state index in [-0.39, 0.29) is 5.54 Å². The van der Waals surface area contributed by atoms with Crippen LogP contribution in [0.4, 0.5) is 11.8 Å². The van der Waals surface area contributed by atoms with Crippen molar-refractivity contribution in [3.8, 4) is 0 Å². The number of nitrogens with two attached hydrogens (primary N) is 1. The fraction of sp³-hybridized carbons (Fsp3) is 0.737. The Kier molecular flexibility index (Phi) is 5.96. The molecule has 0 atom stereocenters. The van der Waals surface area contributed by atoms with Crippen LogP contribution in [0.1, 0.15) is 75.1 Å². The first-order valence-electron chi connectivity index (χ1n) is 9.73. The highest BCUT2D eigenvalue weighted by molar-refractivity contribution is 5.97. The van der Waals surface area contributed by atoms with Gasteiger partial charge in [-0.3, -0.25) is 4.79 Å². The highest BCUT2D eigenvalue weighted by Gasteiger charge is 2.29. The smallest absolute Gasteiger partial charge is 0.254 e. The summed E-state index contributed by atoms with van der Waals surface area (Å²) in [4.78, 5) is 20.7. The van der Waals surface area contributed by atoms with Crippen LogP contribution in [0.25, 0.3) is 0 Å². The molecule has 0 aliphatic heterocycles. The van der Waals surface area contributed by atoms with Gasteiger partial charge in [-0.15, -0.1) is 0 Å². The Bertz CT molecular complexity index is 622. The summed E-state index contributed by atoms with van der Waals surface area (Å²) in [5.41, 5.74) is 5.84. The van der Waals surface area contributed by atoms with Crippen molar-refractivity contribution in [1.82, 2.24) is 9.97 Å². The summed E-state index contributed by atoms with van der Waals surface area (Å²) in [6, 6.07) is 0.332. The van der Waals surface area contributed by atoms with E-state index in [9.17, 15) is 4.79 Å². The summed E-state index contributed by atoms with van der Waals surface area (Å²) in [6.45, 7) is 2.19. The highest BCUT2D eigenvalue weighted by atomic mass is 16.5. The number of anilines is 2. The van der Waals surface area contributed by atoms with E-state index in [4.69, 9.17) is 10.5 Å². The molecule has 1 amide bonds. The van der Waals surface area contributed by atoms with E-state index < -0.39 is 5.91 Å². The van der Waals surface area contributed by atoms with Crippen LogP contribution < -0.4 is 16.4 Å². The molecule has 7 nitrogen and oxygen atoms in total. The molecule has 2 fully saturated rings. The van der Waals surface area contributed by atoms with Crippen molar-refractivity contribution < 1.29 is 9.53 Å². The van der Waals surface area contributed by atoms with Gasteiger partial charge in [0.2, 0.25) is 5.95 Å². The molecule has 1 aromatic heterocycles. The lowest BCUT2D eigenvalue weighted by atomic mass is 9.83. The largest absolute Gasteiger partial charge is 0.381 e. The van der Waals surface area contributed by atoms with Gasteiger partial charge in [-0.1, -0.05) is 19.3 Å². The zero-order valence-electron chi connectivity index (χ0n) is 15.9. The maximum Gasteiger partial charge on any atom is 0.254 e. The highest BCUT2D eigenvalue weighted by Crippen LogP contribution is 2.32. The molecule has 2 aliphatic carbocycles. The topological polar surface area (TPSA) is 102 Å². The van der Waals surface area contributed by atoms with Crippen molar-refractivity contribution in [2.24, 2.45) is 5.73 Å². The standard InChI is InChI=1S/C19H31N5O2/c1-19(10-4-3-5-11-19)24-17-15(16(20)25)12-21-18(23-17)22-13-6-8-14(26-2)9-7-13/h12-14H,3-11H2,1-2H3,(H2,20,25)(H2,21,22,23,24)/t13-,14-. The second kappa shape index (κ2) is 8.20. The summed E-state index contributed by atoms with van der Waals surface area (Å²) in [5.74, 6) is 0.599. The number of nitrogens with one attached hydrogen (secondary N) is 2. The molecule has 2 saturated carbocycles. The molecule has 1 heterocycles. The number of amides is 1. The van der Waals surface area contributed by atoms with Crippen molar-refractivity contribution in [3.05, 3.63) is 11.8 Å². The van der Waals surface area contributed by atoms with Crippen LogP contribution in [-0.4, -0.2) is 40.7 Å². The van der Waals surface area contributed by atoms with Crippen molar-refractivity contribution in [3.63, 3.8) is 0 Å². The van der Waals surface area contributed by atoms with Gasteiger partial charge < -0.3 is 21.1 Å². The van der Waals surface area contributed by atoms with Crippen molar-refractivity contribution in [2.75, 3.05) is 17.7 Å². The fourth-order valence-electron chi connectivity index (χ4n) is 4.10. The Morgan fingerprint density at radius 1 is 1.23 bits per heavy atom. The van der Waals surface area contributed by atoms with Gasteiger partial charge in [0.25, 0.3) is 5.91 Å². The first kappa shape index (κ1) is 18.9. The van der Waals surface area contributed by atoms with Crippen LogP contribution in [-0.2, 0) is 4.74 Å². The molecule has 0 unspecified atom stereocenters. The molecular weight excluding hydrogens is 330 g/mol. The number of primary amides is 1. The second-order valence-electron chi connectivity index (χ2n) is 7.92. The maximum atomic E-state index is 11.8. The number of hydrogen-bond donors (Lipinski definition) is 3. The van der Waals surface area contributed by atoms with Crippen molar-refractivity contribution in [1.29, 1.82) is 0 Å². The molecule has 3 rings (SSSR count). The third-order valence-corrected chi connectivity index (χ3v) is 5.77. The molecule has 4 N–H and O–H groups in total. The molecule has 0 aromatic carbocycles. The van der Waals surface area contributed by atoms with Gasteiger partial charge in [0, 0.05) is 24.9 Å². The average Bonchev–Trinajstić information content (AvgIpc) is 2.62. The summed E-state index contributed by atoms with van der Waals surface area (Å²) in [7, 11) is 1.77. The van der Waals surface area contributed by atoms with Gasteiger partial charge >= 0.3 is 0 Å². The first-order valence-corrected chi connectivity index (χ1v) is 9.73. The Morgan fingerprint density at radius 3 is 2.54 bits per heavy atom. The Hall–Kier alpha value is -1.89. The summed E-state index contributed by atoms with van der Waals surface area (Å²) < 4.78 is 5.43. The van der Waals surface area contributed by atoms with Gasteiger partial charge in [0.15, 0.2) is 0 Å². The third kappa shape index (κ3) is 4.63. The lowest BCUT2D eigenvalue weighted by Crippen LogP contribution is -2.38. The summed E-state index contributed by atoms with van der Waals surface area (Å²) >= 11 is 0. The molecular formula is C19H31N5O2. The molecule has 144 valence electrons. The normalized spacial score (nSPS) is 25.5. The number of carbonyl (C=O) groups is 1. The number of rotatable bonds is 6. The zero-order chi connectivity index (χ0) is 18.6. The summed E-state index contributed by atoms with van der Waals surface area (Å²) in [6.07, 6.45) is 11.8. The van der Waals surface area contributed by atoms with Crippen LogP contribution in [0.2, 0.25) is 0 Å². The maximum absolute atomic E-state index is 11.8. The minimum atomic E-state index is -0.501. The van der Waals surface area contributed by atoms with E-state index in [0.717, 1.165) is 38.5 Å². The van der Waals surface area contributed by atoms with Gasteiger partial charge in [0.05, 0.1) is 11.7 Å². The predicted octanol–water partition coefficient (Wildman–Crippen LogP) is 3.08. The molecule has 7 heteroatoms. The van der Waals surface area contributed by atoms with Gasteiger partial charge in [-0.2, -0.15) is 4.98 Å². The molecule has 1 aromatic rings. The molecule has 2 aliphatic rings. The van der Waals surface area contributed by atoms with E-state index in [2.05, 4.69) is 27.5 Å². The number of methoxy groups -OCH3 is 1. The Labute approximate surface area is 155 Å². The number of ether oxygens (including phenoxy) is 1. The van der Waals surface area contributed by atoms with E-state index >= 15 is 0 Å². The molecule has 0 bridgehead atoms.